The van der Waals surface area contributed by atoms with Crippen LogP contribution in [0.25, 0.3) is 0 Å². The first-order valence-corrected chi connectivity index (χ1v) is 6.64. The number of aromatic nitrogens is 2. The van der Waals surface area contributed by atoms with Crippen LogP contribution < -0.4 is 5.32 Å². The summed E-state index contributed by atoms with van der Waals surface area (Å²) in [6, 6.07) is 13.3. The zero-order chi connectivity index (χ0) is 14.7. The lowest BCUT2D eigenvalue weighted by Gasteiger charge is -2.08. The molecular formula is C16H15N3O2. The number of amides is 1. The Morgan fingerprint density at radius 3 is 2.95 bits per heavy atom. The normalized spacial score (nSPS) is 10.5. The summed E-state index contributed by atoms with van der Waals surface area (Å²) in [5, 5.41) is 7.04. The van der Waals surface area contributed by atoms with Crippen molar-refractivity contribution in [1.82, 2.24) is 9.78 Å². The van der Waals surface area contributed by atoms with E-state index in [-0.39, 0.29) is 11.7 Å². The molecule has 0 saturated heterocycles. The second-order valence-electron chi connectivity index (χ2n) is 4.79. The van der Waals surface area contributed by atoms with Gasteiger partial charge in [0, 0.05) is 6.07 Å². The molecule has 0 aliphatic rings. The molecule has 3 rings (SSSR count). The Bertz CT molecular complexity index is 744. The number of carbonyl (C=O) groups is 1. The topological polar surface area (TPSA) is 60.1 Å². The molecule has 1 aromatic carbocycles. The highest BCUT2D eigenvalue weighted by Crippen LogP contribution is 2.13. The fourth-order valence-corrected chi connectivity index (χ4v) is 2.13. The molecule has 0 saturated carbocycles. The smallest absolute Gasteiger partial charge is 0.292 e. The van der Waals surface area contributed by atoms with Crippen molar-refractivity contribution in [2.24, 2.45) is 0 Å². The largest absolute Gasteiger partial charge is 0.459 e. The molecule has 2 heterocycles. The molecule has 0 spiro atoms. The molecule has 3 aromatic rings. The maximum absolute atomic E-state index is 12.0. The second kappa shape index (κ2) is 5.66. The molecule has 0 radical (unpaired) electrons. The zero-order valence-electron chi connectivity index (χ0n) is 11.6. The highest BCUT2D eigenvalue weighted by Gasteiger charge is 2.11. The minimum absolute atomic E-state index is 0.276. The third-order valence-electron chi connectivity index (χ3n) is 3.12. The number of anilines is 1. The number of benzene rings is 1. The summed E-state index contributed by atoms with van der Waals surface area (Å²) >= 11 is 0. The Balaban J connectivity index is 1.76. The van der Waals surface area contributed by atoms with E-state index in [0.717, 1.165) is 5.56 Å². The first-order chi connectivity index (χ1) is 10.2. The number of rotatable bonds is 4. The Morgan fingerprint density at radius 2 is 2.19 bits per heavy atom. The molecule has 0 bridgehead atoms. The summed E-state index contributed by atoms with van der Waals surface area (Å²) in [6.45, 7) is 2.65. The molecule has 0 atom stereocenters. The average Bonchev–Trinajstić information content (AvgIpc) is 3.11. The van der Waals surface area contributed by atoms with Gasteiger partial charge in [0.15, 0.2) is 5.76 Å². The van der Waals surface area contributed by atoms with Gasteiger partial charge in [0.1, 0.15) is 5.82 Å². The molecule has 5 nitrogen and oxygen atoms in total. The minimum Gasteiger partial charge on any atom is -0.459 e. The van der Waals surface area contributed by atoms with Gasteiger partial charge in [-0.05, 0) is 24.6 Å². The maximum Gasteiger partial charge on any atom is 0.292 e. The lowest BCUT2D eigenvalue weighted by atomic mass is 10.1. The van der Waals surface area contributed by atoms with Crippen molar-refractivity contribution in [3.8, 4) is 0 Å². The van der Waals surface area contributed by atoms with Gasteiger partial charge in [-0.25, -0.2) is 4.68 Å². The monoisotopic (exact) mass is 281 g/mol. The van der Waals surface area contributed by atoms with Crippen LogP contribution in [0.1, 0.15) is 21.7 Å². The van der Waals surface area contributed by atoms with Crippen molar-refractivity contribution in [2.45, 2.75) is 13.5 Å². The quantitative estimate of drug-likeness (QED) is 0.799. The van der Waals surface area contributed by atoms with Crippen LogP contribution in [0.5, 0.6) is 0 Å². The summed E-state index contributed by atoms with van der Waals surface area (Å²) < 4.78 is 6.82. The lowest BCUT2D eigenvalue weighted by molar-refractivity contribution is 0.0995. The lowest BCUT2D eigenvalue weighted by Crippen LogP contribution is -2.15. The third-order valence-corrected chi connectivity index (χ3v) is 3.12. The van der Waals surface area contributed by atoms with E-state index >= 15 is 0 Å². The number of furan rings is 1. The predicted octanol–water partition coefficient (Wildman–Crippen LogP) is 3.09. The molecule has 0 aliphatic heterocycles. The zero-order valence-corrected chi connectivity index (χ0v) is 11.6. The molecule has 0 fully saturated rings. The molecule has 0 aliphatic carbocycles. The Labute approximate surface area is 122 Å². The fourth-order valence-electron chi connectivity index (χ4n) is 2.13. The summed E-state index contributed by atoms with van der Waals surface area (Å²) in [5.74, 6) is 0.627. The van der Waals surface area contributed by atoms with E-state index in [1.165, 1.54) is 11.8 Å². The summed E-state index contributed by atoms with van der Waals surface area (Å²) in [5.41, 5.74) is 2.33. The molecule has 21 heavy (non-hydrogen) atoms. The predicted molar refractivity (Wildman–Crippen MR) is 79.2 cm³/mol. The van der Waals surface area contributed by atoms with E-state index in [1.807, 2.05) is 25.1 Å². The molecule has 5 heteroatoms. The van der Waals surface area contributed by atoms with E-state index in [2.05, 4.69) is 16.5 Å². The number of hydrogen-bond donors (Lipinski definition) is 1. The molecular weight excluding hydrogens is 266 g/mol. The highest BCUT2D eigenvalue weighted by molar-refractivity contribution is 6.01. The number of carbonyl (C=O) groups excluding carboxylic acids is 1. The van der Waals surface area contributed by atoms with Crippen LogP contribution in [0, 0.1) is 6.92 Å². The number of hydrogen-bond acceptors (Lipinski definition) is 3. The van der Waals surface area contributed by atoms with Crippen molar-refractivity contribution in [3.63, 3.8) is 0 Å². The summed E-state index contributed by atoms with van der Waals surface area (Å²) in [6.07, 6.45) is 3.13. The molecule has 1 N–H and O–H groups in total. The van der Waals surface area contributed by atoms with Crippen molar-refractivity contribution >= 4 is 11.7 Å². The van der Waals surface area contributed by atoms with Crippen LogP contribution in [0.15, 0.2) is 59.3 Å². The van der Waals surface area contributed by atoms with Crippen molar-refractivity contribution in [2.75, 3.05) is 5.32 Å². The number of nitrogens with zero attached hydrogens (tertiary/aromatic N) is 2. The Morgan fingerprint density at radius 1 is 1.29 bits per heavy atom. The molecule has 1 amide bonds. The van der Waals surface area contributed by atoms with Crippen LogP contribution in [-0.2, 0) is 6.54 Å². The van der Waals surface area contributed by atoms with E-state index in [4.69, 9.17) is 4.42 Å². The molecule has 2 aromatic heterocycles. The highest BCUT2D eigenvalue weighted by atomic mass is 16.3. The second-order valence-corrected chi connectivity index (χ2v) is 4.79. The molecule has 106 valence electrons. The van der Waals surface area contributed by atoms with Crippen LogP contribution in [0.2, 0.25) is 0 Å². The first-order valence-electron chi connectivity index (χ1n) is 6.64. The van der Waals surface area contributed by atoms with Gasteiger partial charge < -0.3 is 9.73 Å². The maximum atomic E-state index is 12.0. The van der Waals surface area contributed by atoms with Gasteiger partial charge in [-0.3, -0.25) is 4.79 Å². The van der Waals surface area contributed by atoms with Gasteiger partial charge >= 0.3 is 0 Å². The summed E-state index contributed by atoms with van der Waals surface area (Å²) in [7, 11) is 0. The Hall–Kier alpha value is -2.82. The van der Waals surface area contributed by atoms with Crippen LogP contribution >= 0.6 is 0 Å². The van der Waals surface area contributed by atoms with E-state index < -0.39 is 0 Å². The van der Waals surface area contributed by atoms with E-state index in [1.54, 1.807) is 29.1 Å². The van der Waals surface area contributed by atoms with Crippen LogP contribution in [-0.4, -0.2) is 15.7 Å². The van der Waals surface area contributed by atoms with Gasteiger partial charge in [0.25, 0.3) is 5.91 Å². The number of nitrogens with one attached hydrogen (secondary N) is 1. The molecule has 0 unspecified atom stereocenters. The average molecular weight is 281 g/mol. The summed E-state index contributed by atoms with van der Waals surface area (Å²) in [4.78, 5) is 12.0. The van der Waals surface area contributed by atoms with Crippen molar-refractivity contribution in [3.05, 3.63) is 71.8 Å². The van der Waals surface area contributed by atoms with Crippen LogP contribution in [0.4, 0.5) is 5.82 Å². The standard InChI is InChI=1S/C16H15N3O2/c1-12-4-2-5-13(10-12)11-19-15(7-8-17-19)18-16(20)14-6-3-9-21-14/h2-10H,11H2,1H3,(H,18,20). The van der Waals surface area contributed by atoms with E-state index in [0.29, 0.717) is 12.4 Å². The first kappa shape index (κ1) is 13.2. The van der Waals surface area contributed by atoms with Gasteiger partial charge in [-0.15, -0.1) is 0 Å². The van der Waals surface area contributed by atoms with Gasteiger partial charge in [-0.1, -0.05) is 29.8 Å². The number of aryl methyl sites for hydroxylation is 1. The van der Waals surface area contributed by atoms with Crippen molar-refractivity contribution < 1.29 is 9.21 Å². The Kier molecular flexibility index (Phi) is 3.55. The minimum atomic E-state index is -0.286. The van der Waals surface area contributed by atoms with E-state index in [9.17, 15) is 4.79 Å². The van der Waals surface area contributed by atoms with Gasteiger partial charge in [-0.2, -0.15) is 5.10 Å². The third kappa shape index (κ3) is 3.02. The SMILES string of the molecule is Cc1cccc(Cn2nccc2NC(=O)c2ccco2)c1. The van der Waals surface area contributed by atoms with Crippen LogP contribution in [0.3, 0.4) is 0 Å². The van der Waals surface area contributed by atoms with Crippen molar-refractivity contribution in [1.29, 1.82) is 0 Å². The van der Waals surface area contributed by atoms with Gasteiger partial charge in [0.05, 0.1) is 19.0 Å². The van der Waals surface area contributed by atoms with Gasteiger partial charge in [0.2, 0.25) is 0 Å². The fraction of sp³-hybridized carbons (Fsp3) is 0.125.